The first-order valence-corrected chi connectivity index (χ1v) is 6.02. The standard InChI is InChI=1S/C13H17FN2O2/c14-13-4-3-10(8-15-13)2-1-6-16-7-5-12(18)11(16)9-17/h1-4,8,11-12,17-18H,5-7,9H2. The number of aromatic nitrogens is 1. The second kappa shape index (κ2) is 6.04. The lowest BCUT2D eigenvalue weighted by Crippen LogP contribution is -2.38. The third-order valence-electron chi connectivity index (χ3n) is 3.21. The van der Waals surface area contributed by atoms with Gasteiger partial charge in [-0.2, -0.15) is 4.39 Å². The maximum absolute atomic E-state index is 12.6. The molecule has 1 saturated heterocycles. The fourth-order valence-corrected chi connectivity index (χ4v) is 2.17. The number of rotatable bonds is 4. The molecule has 2 unspecified atom stereocenters. The van der Waals surface area contributed by atoms with Gasteiger partial charge in [0, 0.05) is 19.3 Å². The van der Waals surface area contributed by atoms with Crippen LogP contribution in [0.25, 0.3) is 6.08 Å². The minimum atomic E-state index is -0.491. The predicted octanol–water partition coefficient (Wildman–Crippen LogP) is 0.661. The molecule has 1 aliphatic rings. The summed E-state index contributed by atoms with van der Waals surface area (Å²) in [6, 6.07) is 2.79. The first kappa shape index (κ1) is 13.1. The van der Waals surface area contributed by atoms with Gasteiger partial charge in [0.1, 0.15) is 0 Å². The van der Waals surface area contributed by atoms with Crippen LogP contribution in [0.2, 0.25) is 0 Å². The summed E-state index contributed by atoms with van der Waals surface area (Å²) in [6.45, 7) is 1.39. The van der Waals surface area contributed by atoms with Crippen LogP contribution < -0.4 is 0 Å². The largest absolute Gasteiger partial charge is 0.395 e. The number of halogens is 1. The molecule has 18 heavy (non-hydrogen) atoms. The Kier molecular flexibility index (Phi) is 4.41. The lowest BCUT2D eigenvalue weighted by Gasteiger charge is -2.22. The maximum Gasteiger partial charge on any atom is 0.212 e. The number of hydrogen-bond donors (Lipinski definition) is 2. The number of nitrogens with zero attached hydrogens (tertiary/aromatic N) is 2. The lowest BCUT2D eigenvalue weighted by atomic mass is 10.2. The van der Waals surface area contributed by atoms with Crippen LogP contribution in [0.1, 0.15) is 12.0 Å². The van der Waals surface area contributed by atoms with Gasteiger partial charge in [-0.15, -0.1) is 0 Å². The zero-order chi connectivity index (χ0) is 13.0. The fourth-order valence-electron chi connectivity index (χ4n) is 2.17. The lowest BCUT2D eigenvalue weighted by molar-refractivity contribution is 0.0765. The molecule has 2 rings (SSSR count). The highest BCUT2D eigenvalue weighted by Crippen LogP contribution is 2.17. The molecule has 0 aromatic carbocycles. The number of hydrogen-bond acceptors (Lipinski definition) is 4. The molecule has 2 heterocycles. The molecule has 0 radical (unpaired) electrons. The van der Waals surface area contributed by atoms with Crippen LogP contribution in [0.15, 0.2) is 24.4 Å². The second-order valence-electron chi connectivity index (χ2n) is 4.42. The van der Waals surface area contributed by atoms with Crippen molar-refractivity contribution in [2.24, 2.45) is 0 Å². The van der Waals surface area contributed by atoms with Crippen molar-refractivity contribution in [2.75, 3.05) is 19.7 Å². The average molecular weight is 252 g/mol. The summed E-state index contributed by atoms with van der Waals surface area (Å²) >= 11 is 0. The topological polar surface area (TPSA) is 56.6 Å². The Hall–Kier alpha value is -1.30. The molecule has 1 aliphatic heterocycles. The zero-order valence-electron chi connectivity index (χ0n) is 10.0. The van der Waals surface area contributed by atoms with Gasteiger partial charge < -0.3 is 10.2 Å². The van der Waals surface area contributed by atoms with Gasteiger partial charge in [0.25, 0.3) is 0 Å². The van der Waals surface area contributed by atoms with E-state index in [1.54, 1.807) is 6.07 Å². The van der Waals surface area contributed by atoms with Crippen LogP contribution in [0.3, 0.4) is 0 Å². The normalized spacial score (nSPS) is 25.1. The van der Waals surface area contributed by atoms with E-state index in [4.69, 9.17) is 0 Å². The summed E-state index contributed by atoms with van der Waals surface area (Å²) in [5.41, 5.74) is 0.830. The Morgan fingerprint density at radius 3 is 3.00 bits per heavy atom. The molecule has 5 heteroatoms. The molecule has 98 valence electrons. The van der Waals surface area contributed by atoms with Crippen LogP contribution in [-0.4, -0.2) is 51.9 Å². The Labute approximate surface area is 105 Å². The zero-order valence-corrected chi connectivity index (χ0v) is 10.0. The van der Waals surface area contributed by atoms with Crippen molar-refractivity contribution in [3.8, 4) is 0 Å². The van der Waals surface area contributed by atoms with Crippen molar-refractivity contribution in [1.29, 1.82) is 0 Å². The summed E-state index contributed by atoms with van der Waals surface area (Å²) in [7, 11) is 0. The Morgan fingerprint density at radius 2 is 2.33 bits per heavy atom. The summed E-state index contributed by atoms with van der Waals surface area (Å²) in [4.78, 5) is 5.59. The molecular formula is C13H17FN2O2. The van der Waals surface area contributed by atoms with Gasteiger partial charge >= 0.3 is 0 Å². The first-order valence-electron chi connectivity index (χ1n) is 6.02. The van der Waals surface area contributed by atoms with Crippen LogP contribution in [0.5, 0.6) is 0 Å². The summed E-state index contributed by atoms with van der Waals surface area (Å²) < 4.78 is 12.6. The van der Waals surface area contributed by atoms with E-state index in [-0.39, 0.29) is 12.6 Å². The Morgan fingerprint density at radius 1 is 1.50 bits per heavy atom. The van der Waals surface area contributed by atoms with Crippen molar-refractivity contribution in [1.82, 2.24) is 9.88 Å². The van der Waals surface area contributed by atoms with E-state index in [1.807, 2.05) is 17.1 Å². The van der Waals surface area contributed by atoms with Gasteiger partial charge in [-0.3, -0.25) is 4.90 Å². The molecule has 1 aromatic heterocycles. The molecular weight excluding hydrogens is 235 g/mol. The molecule has 0 bridgehead atoms. The molecule has 0 saturated carbocycles. The van der Waals surface area contributed by atoms with Crippen molar-refractivity contribution < 1.29 is 14.6 Å². The van der Waals surface area contributed by atoms with Gasteiger partial charge in [-0.05, 0) is 24.1 Å². The quantitative estimate of drug-likeness (QED) is 0.773. The molecule has 0 aliphatic carbocycles. The predicted molar refractivity (Wildman–Crippen MR) is 66.3 cm³/mol. The van der Waals surface area contributed by atoms with Gasteiger partial charge in [0.15, 0.2) is 0 Å². The summed E-state index contributed by atoms with van der Waals surface area (Å²) in [6.07, 6.45) is 5.49. The number of aliphatic hydroxyl groups excluding tert-OH is 2. The van der Waals surface area contributed by atoms with E-state index in [0.29, 0.717) is 13.0 Å². The van der Waals surface area contributed by atoms with Crippen LogP contribution in [-0.2, 0) is 0 Å². The highest BCUT2D eigenvalue weighted by Gasteiger charge is 2.30. The number of pyridine rings is 1. The van der Waals surface area contributed by atoms with E-state index in [0.717, 1.165) is 12.1 Å². The highest BCUT2D eigenvalue weighted by atomic mass is 19.1. The van der Waals surface area contributed by atoms with E-state index in [1.165, 1.54) is 12.3 Å². The summed E-state index contributed by atoms with van der Waals surface area (Å²) in [5, 5.41) is 18.8. The van der Waals surface area contributed by atoms with E-state index in [2.05, 4.69) is 4.98 Å². The van der Waals surface area contributed by atoms with Gasteiger partial charge in [-0.25, -0.2) is 4.98 Å². The average Bonchev–Trinajstić information content (AvgIpc) is 2.72. The second-order valence-corrected chi connectivity index (χ2v) is 4.42. The smallest absolute Gasteiger partial charge is 0.212 e. The van der Waals surface area contributed by atoms with Crippen molar-refractivity contribution in [3.63, 3.8) is 0 Å². The van der Waals surface area contributed by atoms with Gasteiger partial charge in [-0.1, -0.05) is 12.2 Å². The van der Waals surface area contributed by atoms with Crippen LogP contribution in [0.4, 0.5) is 4.39 Å². The maximum atomic E-state index is 12.6. The van der Waals surface area contributed by atoms with Gasteiger partial charge in [0.05, 0.1) is 18.8 Å². The molecule has 1 aromatic rings. The SMILES string of the molecule is OCC1C(O)CCN1CC=Cc1ccc(F)nc1. The number of likely N-dealkylation sites (tertiary alicyclic amines) is 1. The van der Waals surface area contributed by atoms with Crippen LogP contribution >= 0.6 is 0 Å². The molecule has 1 fully saturated rings. The third-order valence-corrected chi connectivity index (χ3v) is 3.21. The van der Waals surface area contributed by atoms with E-state index < -0.39 is 12.1 Å². The Bertz CT molecular complexity index is 408. The molecule has 0 spiro atoms. The van der Waals surface area contributed by atoms with Crippen LogP contribution in [0, 0.1) is 5.95 Å². The molecule has 4 nitrogen and oxygen atoms in total. The minimum Gasteiger partial charge on any atom is -0.395 e. The molecule has 0 amide bonds. The summed E-state index contributed by atoms with van der Waals surface area (Å²) in [5.74, 6) is -0.491. The monoisotopic (exact) mass is 252 g/mol. The Balaban J connectivity index is 1.89. The molecule has 2 N–H and O–H groups in total. The van der Waals surface area contributed by atoms with Crippen molar-refractivity contribution >= 4 is 6.08 Å². The third kappa shape index (κ3) is 3.13. The minimum absolute atomic E-state index is 0.0346. The fraction of sp³-hybridized carbons (Fsp3) is 0.462. The molecule has 2 atom stereocenters. The van der Waals surface area contributed by atoms with Crippen molar-refractivity contribution in [2.45, 2.75) is 18.6 Å². The first-order chi connectivity index (χ1) is 8.70. The van der Waals surface area contributed by atoms with Gasteiger partial charge in [0.2, 0.25) is 5.95 Å². The number of aliphatic hydroxyl groups is 2. The van der Waals surface area contributed by atoms with E-state index in [9.17, 15) is 14.6 Å². The van der Waals surface area contributed by atoms with Crippen molar-refractivity contribution in [3.05, 3.63) is 35.9 Å². The highest BCUT2D eigenvalue weighted by molar-refractivity contribution is 5.47. The van der Waals surface area contributed by atoms with E-state index >= 15 is 0 Å².